The quantitative estimate of drug-likeness (QED) is 0.252. The lowest BCUT2D eigenvalue weighted by Crippen LogP contribution is -2.33. The van der Waals surface area contributed by atoms with Crippen LogP contribution >= 0.6 is 24.8 Å². The molecule has 0 bridgehead atoms. The maximum Gasteiger partial charge on any atom is 0.251 e. The van der Waals surface area contributed by atoms with Gasteiger partial charge in [-0.2, -0.15) is 9.97 Å². The molecule has 0 aliphatic heterocycles. The normalized spacial score (nSPS) is 18.9. The van der Waals surface area contributed by atoms with E-state index in [1.54, 1.807) is 32.4 Å². The Bertz CT molecular complexity index is 1260. The van der Waals surface area contributed by atoms with Gasteiger partial charge in [-0.05, 0) is 56.7 Å². The van der Waals surface area contributed by atoms with E-state index in [1.807, 2.05) is 6.33 Å². The van der Waals surface area contributed by atoms with Gasteiger partial charge in [-0.1, -0.05) is 12.8 Å². The summed E-state index contributed by atoms with van der Waals surface area (Å²) in [5, 5.41) is 9.86. The van der Waals surface area contributed by atoms with Crippen LogP contribution in [-0.2, 0) is 0 Å². The Kier molecular flexibility index (Phi) is 11.5. The van der Waals surface area contributed by atoms with Crippen molar-refractivity contribution in [2.24, 2.45) is 5.73 Å². The highest BCUT2D eigenvalue weighted by molar-refractivity contribution is 5.95. The van der Waals surface area contributed by atoms with E-state index >= 15 is 0 Å². The molecule has 2 heterocycles. The Morgan fingerprint density at radius 1 is 1.00 bits per heavy atom. The van der Waals surface area contributed by atoms with Gasteiger partial charge in [0, 0.05) is 36.8 Å². The topological polar surface area (TPSA) is 141 Å². The van der Waals surface area contributed by atoms with E-state index in [0.717, 1.165) is 49.7 Å². The fourth-order valence-corrected chi connectivity index (χ4v) is 5.44. The Morgan fingerprint density at radius 3 is 2.42 bits per heavy atom. The Balaban J connectivity index is 0.00000220. The number of carbonyl (C=O) groups is 1. The second-order valence-corrected chi connectivity index (χ2v) is 10.2. The number of methoxy groups -OCH3 is 2. The van der Waals surface area contributed by atoms with E-state index in [-0.39, 0.29) is 36.8 Å². The van der Waals surface area contributed by atoms with Crippen molar-refractivity contribution in [2.45, 2.75) is 69.5 Å². The maximum absolute atomic E-state index is 12.7. The van der Waals surface area contributed by atoms with Crippen LogP contribution in [0.25, 0.3) is 11.2 Å². The van der Waals surface area contributed by atoms with Crippen LogP contribution < -0.4 is 31.2 Å². The van der Waals surface area contributed by atoms with Crippen molar-refractivity contribution in [3.05, 3.63) is 30.1 Å². The van der Waals surface area contributed by atoms with Gasteiger partial charge >= 0.3 is 0 Å². The molecule has 2 saturated carbocycles. The summed E-state index contributed by atoms with van der Waals surface area (Å²) < 4.78 is 12.8. The summed E-state index contributed by atoms with van der Waals surface area (Å²) in [4.78, 5) is 27.0. The van der Waals surface area contributed by atoms with Gasteiger partial charge in [0.05, 0.1) is 20.5 Å². The van der Waals surface area contributed by atoms with Crippen LogP contribution in [0.3, 0.4) is 0 Å². The van der Waals surface area contributed by atoms with E-state index in [2.05, 4.69) is 25.5 Å². The Labute approximate surface area is 247 Å². The molecule has 1 amide bonds. The number of fused-ring (bicyclic) bond motifs is 1. The Morgan fingerprint density at radius 2 is 1.73 bits per heavy atom. The molecule has 1 aromatic carbocycles. The van der Waals surface area contributed by atoms with Crippen molar-refractivity contribution >= 4 is 53.7 Å². The molecule has 2 aliphatic carbocycles. The monoisotopic (exact) mass is 594 g/mol. The van der Waals surface area contributed by atoms with E-state index in [9.17, 15) is 4.79 Å². The van der Waals surface area contributed by atoms with Crippen molar-refractivity contribution in [2.75, 3.05) is 37.9 Å². The number of anilines is 2. The zero-order valence-electron chi connectivity index (χ0n) is 23.0. The van der Waals surface area contributed by atoms with Crippen LogP contribution in [0.4, 0.5) is 11.8 Å². The summed E-state index contributed by atoms with van der Waals surface area (Å²) in [6.07, 6.45) is 10.7. The fraction of sp³-hybridized carbons (Fsp3) is 0.556. The first-order valence-corrected chi connectivity index (χ1v) is 13.6. The van der Waals surface area contributed by atoms with Crippen LogP contribution in [0.2, 0.25) is 0 Å². The van der Waals surface area contributed by atoms with Crippen molar-refractivity contribution in [1.29, 1.82) is 0 Å². The van der Waals surface area contributed by atoms with Crippen molar-refractivity contribution in [1.82, 2.24) is 24.8 Å². The van der Waals surface area contributed by atoms with Crippen LogP contribution in [0.5, 0.6) is 11.5 Å². The standard InChI is InChI=1S/C27H38N8O3.2ClH/c1-37-21-12-7-17(15-22(21)38-2)26(36)30-14-13-29-24-23-25(35(16-31-23)20-5-3-4-6-20)34-27(33-24)32-19-10-8-18(28)9-11-19;;/h7,12,15-16,18-20H,3-6,8-11,13-14,28H2,1-2H3,(H,30,36)(H2,29,32,33,34);2*1H/t18-,19-;;. The van der Waals surface area contributed by atoms with Gasteiger partial charge in [-0.3, -0.25) is 4.79 Å². The minimum Gasteiger partial charge on any atom is -0.493 e. The minimum absolute atomic E-state index is 0. The number of hydrogen-bond acceptors (Lipinski definition) is 9. The average molecular weight is 596 g/mol. The minimum atomic E-state index is -0.191. The Hall–Kier alpha value is -3.02. The molecular weight excluding hydrogens is 555 g/mol. The van der Waals surface area contributed by atoms with Gasteiger partial charge in [0.25, 0.3) is 5.91 Å². The molecule has 0 unspecified atom stereocenters. The molecule has 2 aliphatic rings. The van der Waals surface area contributed by atoms with Gasteiger partial charge < -0.3 is 35.7 Å². The number of nitrogens with zero attached hydrogens (tertiary/aromatic N) is 4. The summed E-state index contributed by atoms with van der Waals surface area (Å²) >= 11 is 0. The number of benzene rings is 1. The average Bonchev–Trinajstić information content (AvgIpc) is 3.62. The third-order valence-corrected chi connectivity index (χ3v) is 7.59. The van der Waals surface area contributed by atoms with E-state index in [0.29, 0.717) is 54.0 Å². The van der Waals surface area contributed by atoms with E-state index in [1.165, 1.54) is 12.8 Å². The van der Waals surface area contributed by atoms with Crippen LogP contribution in [0, 0.1) is 0 Å². The molecule has 0 radical (unpaired) electrons. The number of halogens is 2. The number of nitrogens with two attached hydrogens (primary N) is 1. The lowest BCUT2D eigenvalue weighted by molar-refractivity contribution is 0.0954. The predicted molar refractivity (Wildman–Crippen MR) is 162 cm³/mol. The van der Waals surface area contributed by atoms with Gasteiger partial charge in [0.1, 0.15) is 0 Å². The number of aromatic nitrogens is 4. The van der Waals surface area contributed by atoms with Crippen LogP contribution in [0.1, 0.15) is 67.8 Å². The predicted octanol–water partition coefficient (Wildman–Crippen LogP) is 4.33. The zero-order chi connectivity index (χ0) is 26.5. The van der Waals surface area contributed by atoms with Gasteiger partial charge in [0.2, 0.25) is 5.95 Å². The highest BCUT2D eigenvalue weighted by Crippen LogP contribution is 2.33. The van der Waals surface area contributed by atoms with Crippen LogP contribution in [-0.4, -0.2) is 64.8 Å². The largest absolute Gasteiger partial charge is 0.493 e. The summed E-state index contributed by atoms with van der Waals surface area (Å²) in [6.45, 7) is 0.893. The molecular formula is C27H40Cl2N8O3. The molecule has 40 heavy (non-hydrogen) atoms. The van der Waals surface area contributed by atoms with E-state index < -0.39 is 0 Å². The molecule has 0 spiro atoms. The number of hydrogen-bond donors (Lipinski definition) is 4. The molecule has 13 heteroatoms. The lowest BCUT2D eigenvalue weighted by atomic mass is 9.92. The van der Waals surface area contributed by atoms with Crippen molar-refractivity contribution in [3.8, 4) is 11.5 Å². The SMILES string of the molecule is COc1ccc(C(=O)NCCNc2nc(N[C@H]3CC[C@H](N)CC3)nc3c2ncn3C2CCCC2)cc1OC.Cl.Cl. The van der Waals surface area contributed by atoms with Gasteiger partial charge in [0.15, 0.2) is 28.5 Å². The molecule has 3 aromatic rings. The number of nitrogens with one attached hydrogen (secondary N) is 3. The molecule has 0 saturated heterocycles. The van der Waals surface area contributed by atoms with Crippen molar-refractivity contribution < 1.29 is 14.3 Å². The summed E-state index contributed by atoms with van der Waals surface area (Å²) in [7, 11) is 3.11. The molecule has 2 aromatic heterocycles. The smallest absolute Gasteiger partial charge is 0.251 e. The zero-order valence-corrected chi connectivity index (χ0v) is 24.7. The second-order valence-electron chi connectivity index (χ2n) is 10.2. The summed E-state index contributed by atoms with van der Waals surface area (Å²) in [5.41, 5.74) is 8.19. The van der Waals surface area contributed by atoms with Gasteiger partial charge in [-0.25, -0.2) is 4.98 Å². The maximum atomic E-state index is 12.7. The summed E-state index contributed by atoms with van der Waals surface area (Å²) in [6, 6.07) is 6.11. The first kappa shape index (κ1) is 31.5. The highest BCUT2D eigenvalue weighted by Gasteiger charge is 2.24. The molecule has 2 fully saturated rings. The highest BCUT2D eigenvalue weighted by atomic mass is 35.5. The molecule has 220 valence electrons. The van der Waals surface area contributed by atoms with Crippen LogP contribution in [0.15, 0.2) is 24.5 Å². The third-order valence-electron chi connectivity index (χ3n) is 7.59. The number of imidazole rings is 1. The molecule has 5 rings (SSSR count). The molecule has 0 atom stereocenters. The number of carbonyl (C=O) groups excluding carboxylic acids is 1. The van der Waals surface area contributed by atoms with Crippen molar-refractivity contribution in [3.63, 3.8) is 0 Å². The lowest BCUT2D eigenvalue weighted by Gasteiger charge is -2.27. The first-order chi connectivity index (χ1) is 18.6. The third kappa shape index (κ3) is 7.18. The van der Waals surface area contributed by atoms with Gasteiger partial charge in [-0.15, -0.1) is 24.8 Å². The fourth-order valence-electron chi connectivity index (χ4n) is 5.44. The molecule has 5 N–H and O–H groups in total. The number of amides is 1. The summed E-state index contributed by atoms with van der Waals surface area (Å²) in [5.74, 6) is 2.18. The number of rotatable bonds is 10. The first-order valence-electron chi connectivity index (χ1n) is 13.6. The number of ether oxygens (including phenoxy) is 2. The molecule has 11 nitrogen and oxygen atoms in total. The van der Waals surface area contributed by atoms with E-state index in [4.69, 9.17) is 25.2 Å². The second kappa shape index (κ2) is 14.6.